The Morgan fingerprint density at radius 2 is 2.56 bits per heavy atom. The average molecular weight is 147 g/mol. The molecule has 1 aromatic heterocycles. The minimum Gasteiger partial charge on any atom is -0.301 e. The number of aromatic nitrogens is 3. The molecule has 0 amide bonds. The number of hydrogen-bond acceptors (Lipinski definition) is 3. The van der Waals surface area contributed by atoms with Crippen LogP contribution in [-0.2, 0) is 18.1 Å². The van der Waals surface area contributed by atoms with Gasteiger partial charge in [0.1, 0.15) is 0 Å². The van der Waals surface area contributed by atoms with Gasteiger partial charge in [-0.25, -0.2) is 4.21 Å². The highest BCUT2D eigenvalue weighted by molar-refractivity contribution is 7.79. The lowest BCUT2D eigenvalue weighted by molar-refractivity contribution is 0.554. The van der Waals surface area contributed by atoms with Crippen LogP contribution in [0, 0.1) is 0 Å². The molecule has 0 aliphatic rings. The van der Waals surface area contributed by atoms with E-state index in [9.17, 15) is 4.21 Å². The van der Waals surface area contributed by atoms with Crippen LogP contribution in [0.1, 0.15) is 0 Å². The molecule has 1 N–H and O–H groups in total. The summed E-state index contributed by atoms with van der Waals surface area (Å²) in [5, 5.41) is 7.24. The van der Waals surface area contributed by atoms with E-state index in [-0.39, 0.29) is 5.03 Å². The molecule has 0 saturated heterocycles. The van der Waals surface area contributed by atoms with E-state index in [1.165, 1.54) is 11.0 Å². The van der Waals surface area contributed by atoms with Crippen LogP contribution in [0.25, 0.3) is 0 Å². The van der Waals surface area contributed by atoms with Crippen molar-refractivity contribution in [3.63, 3.8) is 0 Å². The van der Waals surface area contributed by atoms with Crippen LogP contribution in [0.2, 0.25) is 0 Å². The Morgan fingerprint density at radius 3 is 2.78 bits per heavy atom. The Morgan fingerprint density at radius 1 is 1.89 bits per heavy atom. The zero-order valence-electron chi connectivity index (χ0n) is 4.68. The van der Waals surface area contributed by atoms with Crippen molar-refractivity contribution in [2.24, 2.45) is 7.05 Å². The van der Waals surface area contributed by atoms with Gasteiger partial charge < -0.3 is 4.55 Å². The quantitative estimate of drug-likeness (QED) is 0.538. The van der Waals surface area contributed by atoms with Crippen LogP contribution in [0.3, 0.4) is 0 Å². The molecule has 0 fully saturated rings. The van der Waals surface area contributed by atoms with Crippen molar-refractivity contribution in [1.82, 2.24) is 15.0 Å². The van der Waals surface area contributed by atoms with Gasteiger partial charge in [0.25, 0.3) is 0 Å². The van der Waals surface area contributed by atoms with Crippen LogP contribution < -0.4 is 0 Å². The highest BCUT2D eigenvalue weighted by Gasteiger charge is 2.01. The molecule has 1 atom stereocenters. The second-order valence-corrected chi connectivity index (χ2v) is 2.34. The van der Waals surface area contributed by atoms with Crippen molar-refractivity contribution in [1.29, 1.82) is 0 Å². The van der Waals surface area contributed by atoms with Crippen molar-refractivity contribution >= 4 is 11.1 Å². The van der Waals surface area contributed by atoms with Crippen LogP contribution in [0.15, 0.2) is 11.2 Å². The van der Waals surface area contributed by atoms with Gasteiger partial charge in [0.05, 0.1) is 6.20 Å². The molecule has 6 heteroatoms. The molecule has 0 bridgehead atoms. The molecule has 0 aliphatic carbocycles. The van der Waals surface area contributed by atoms with Crippen molar-refractivity contribution < 1.29 is 8.76 Å². The van der Waals surface area contributed by atoms with Gasteiger partial charge in [-0.1, -0.05) is 0 Å². The Hall–Kier alpha value is -0.750. The van der Waals surface area contributed by atoms with E-state index in [4.69, 9.17) is 4.55 Å². The summed E-state index contributed by atoms with van der Waals surface area (Å²) in [5.74, 6) is 0. The van der Waals surface area contributed by atoms with Crippen molar-refractivity contribution in [3.8, 4) is 0 Å². The van der Waals surface area contributed by atoms with Gasteiger partial charge in [0.15, 0.2) is 5.03 Å². The monoisotopic (exact) mass is 147 g/mol. The first-order valence-electron chi connectivity index (χ1n) is 2.17. The lowest BCUT2D eigenvalue weighted by atomic mass is 11.0. The fourth-order valence-electron chi connectivity index (χ4n) is 0.407. The molecule has 1 aromatic rings. The third-order valence-corrected chi connectivity index (χ3v) is 1.30. The number of hydrogen-bond donors (Lipinski definition) is 1. The third-order valence-electron chi connectivity index (χ3n) is 0.757. The van der Waals surface area contributed by atoms with E-state index in [1.807, 2.05) is 0 Å². The number of aryl methyl sites for hydroxylation is 1. The predicted octanol–water partition coefficient (Wildman–Crippen LogP) is -0.604. The summed E-state index contributed by atoms with van der Waals surface area (Å²) in [5.41, 5.74) is 0. The van der Waals surface area contributed by atoms with E-state index in [2.05, 4.69) is 10.2 Å². The molecular weight excluding hydrogens is 142 g/mol. The lowest BCUT2D eigenvalue weighted by Gasteiger charge is -1.81. The molecule has 5 nitrogen and oxygen atoms in total. The first kappa shape index (κ1) is 6.37. The molecule has 50 valence electrons. The maximum Gasteiger partial charge on any atom is 0.209 e. The Balaban J connectivity index is 2.98. The maximum atomic E-state index is 10.2. The Kier molecular flexibility index (Phi) is 1.58. The molecule has 0 saturated carbocycles. The van der Waals surface area contributed by atoms with Crippen LogP contribution >= 0.6 is 0 Å². The maximum absolute atomic E-state index is 10.2. The van der Waals surface area contributed by atoms with Gasteiger partial charge in [0, 0.05) is 7.05 Å². The standard InChI is InChI=1S/C3H5N3O2S/c1-6-4-2-3(5-6)9(7)8/h2H,1H3,(H,7,8). The van der Waals surface area contributed by atoms with Crippen LogP contribution in [0.5, 0.6) is 0 Å². The summed E-state index contributed by atoms with van der Waals surface area (Å²) >= 11 is -2.00. The minimum atomic E-state index is -2.00. The SMILES string of the molecule is Cn1ncc(S(=O)O)n1. The van der Waals surface area contributed by atoms with E-state index in [0.717, 1.165) is 0 Å². The summed E-state index contributed by atoms with van der Waals surface area (Å²) < 4.78 is 18.6. The van der Waals surface area contributed by atoms with E-state index in [0.29, 0.717) is 0 Å². The molecular formula is C3H5N3O2S. The minimum absolute atomic E-state index is 0.0810. The molecule has 0 spiro atoms. The topological polar surface area (TPSA) is 68.0 Å². The van der Waals surface area contributed by atoms with Gasteiger partial charge in [-0.05, 0) is 0 Å². The van der Waals surface area contributed by atoms with Gasteiger partial charge in [-0.3, -0.25) is 0 Å². The highest BCUT2D eigenvalue weighted by Crippen LogP contribution is 1.93. The molecule has 0 aromatic carbocycles. The van der Waals surface area contributed by atoms with Gasteiger partial charge in [-0.2, -0.15) is 9.90 Å². The Labute approximate surface area is 54.0 Å². The molecule has 1 unspecified atom stereocenters. The smallest absolute Gasteiger partial charge is 0.209 e. The van der Waals surface area contributed by atoms with E-state index in [1.54, 1.807) is 7.05 Å². The Bertz CT molecular complexity index is 233. The molecule has 0 aliphatic heterocycles. The van der Waals surface area contributed by atoms with Gasteiger partial charge >= 0.3 is 0 Å². The highest BCUT2D eigenvalue weighted by atomic mass is 32.2. The van der Waals surface area contributed by atoms with E-state index < -0.39 is 11.1 Å². The first-order chi connectivity index (χ1) is 4.20. The van der Waals surface area contributed by atoms with Crippen molar-refractivity contribution in [3.05, 3.63) is 6.20 Å². The summed E-state index contributed by atoms with van der Waals surface area (Å²) in [7, 11) is 1.58. The largest absolute Gasteiger partial charge is 0.301 e. The van der Waals surface area contributed by atoms with Gasteiger partial charge in [0.2, 0.25) is 11.1 Å². The second-order valence-electron chi connectivity index (χ2n) is 1.42. The van der Waals surface area contributed by atoms with Crippen molar-refractivity contribution in [2.75, 3.05) is 0 Å². The predicted molar refractivity (Wildman–Crippen MR) is 30.0 cm³/mol. The summed E-state index contributed by atoms with van der Waals surface area (Å²) in [6.07, 6.45) is 1.25. The third kappa shape index (κ3) is 1.33. The zero-order chi connectivity index (χ0) is 6.85. The van der Waals surface area contributed by atoms with Crippen LogP contribution in [-0.4, -0.2) is 23.8 Å². The average Bonchev–Trinajstić information content (AvgIpc) is 2.14. The number of rotatable bonds is 1. The summed E-state index contributed by atoms with van der Waals surface area (Å²) in [6, 6.07) is 0. The molecule has 9 heavy (non-hydrogen) atoms. The fraction of sp³-hybridized carbons (Fsp3) is 0.333. The number of nitrogens with zero attached hydrogens (tertiary/aromatic N) is 3. The molecule has 0 radical (unpaired) electrons. The normalized spacial score (nSPS) is 13.6. The molecule has 1 heterocycles. The lowest BCUT2D eigenvalue weighted by Crippen LogP contribution is -1.94. The summed E-state index contributed by atoms with van der Waals surface area (Å²) in [4.78, 5) is 1.23. The zero-order valence-corrected chi connectivity index (χ0v) is 5.50. The van der Waals surface area contributed by atoms with Gasteiger partial charge in [-0.15, -0.1) is 5.10 Å². The second kappa shape index (κ2) is 2.24. The van der Waals surface area contributed by atoms with E-state index >= 15 is 0 Å². The molecule has 1 rings (SSSR count). The first-order valence-corrected chi connectivity index (χ1v) is 3.28. The summed E-state index contributed by atoms with van der Waals surface area (Å²) in [6.45, 7) is 0. The fourth-order valence-corrected chi connectivity index (χ4v) is 0.733. The van der Waals surface area contributed by atoms with Crippen molar-refractivity contribution in [2.45, 2.75) is 5.03 Å². The van der Waals surface area contributed by atoms with Crippen LogP contribution in [0.4, 0.5) is 0 Å².